The zero-order valence-corrected chi connectivity index (χ0v) is 32.4. The number of amides is 1. The number of nitrogens with one attached hydrogen (secondary N) is 1. The van der Waals surface area contributed by atoms with Crippen molar-refractivity contribution in [1.29, 1.82) is 0 Å². The number of methoxy groups -OCH3 is 2. The zero-order valence-electron chi connectivity index (χ0n) is 32.4. The normalized spacial score (nSPS) is 16.3. The summed E-state index contributed by atoms with van der Waals surface area (Å²) in [6.45, 7) is 20.8. The highest BCUT2D eigenvalue weighted by Gasteiger charge is 2.31. The molecule has 0 saturated carbocycles. The quantitative estimate of drug-likeness (QED) is 0.162. The topological polar surface area (TPSA) is 105 Å². The van der Waals surface area contributed by atoms with Crippen LogP contribution in [-0.4, -0.2) is 78.7 Å². The number of fused-ring (bicyclic) bond motifs is 2. The Morgan fingerprint density at radius 2 is 1.27 bits per heavy atom. The van der Waals surface area contributed by atoms with Crippen molar-refractivity contribution in [3.63, 3.8) is 0 Å². The molecule has 2 aromatic carbocycles. The number of imidazole rings is 2. The van der Waals surface area contributed by atoms with Gasteiger partial charge in [0.25, 0.3) is 0 Å². The Labute approximate surface area is 304 Å². The number of hydrogen-bond acceptors (Lipinski definition) is 8. The summed E-state index contributed by atoms with van der Waals surface area (Å²) >= 11 is 0. The second-order valence-corrected chi connectivity index (χ2v) is 14.8. The number of carbonyl (C=O) groups is 1. The van der Waals surface area contributed by atoms with Crippen molar-refractivity contribution in [2.24, 2.45) is 11.8 Å². The first-order chi connectivity index (χ1) is 24.4. The van der Waals surface area contributed by atoms with Gasteiger partial charge in [-0.1, -0.05) is 0 Å². The number of carbonyl (C=O) groups excluding carboxylic acids is 1. The molecule has 4 aromatic rings. The van der Waals surface area contributed by atoms with Gasteiger partial charge in [0.15, 0.2) is 0 Å². The van der Waals surface area contributed by atoms with E-state index in [2.05, 4.69) is 59.5 Å². The van der Waals surface area contributed by atoms with Crippen molar-refractivity contribution in [2.75, 3.05) is 64.0 Å². The van der Waals surface area contributed by atoms with Crippen molar-refractivity contribution in [3.05, 3.63) is 48.0 Å². The summed E-state index contributed by atoms with van der Waals surface area (Å²) in [5, 5.41) is 3.37. The molecule has 2 fully saturated rings. The summed E-state index contributed by atoms with van der Waals surface area (Å²) in [6.07, 6.45) is 4.36. The van der Waals surface area contributed by atoms with Gasteiger partial charge >= 0.3 is 0 Å². The number of nitrogens with zero attached hydrogens (tertiary/aromatic N) is 5. The summed E-state index contributed by atoms with van der Waals surface area (Å²) in [5.41, 5.74) is 5.29. The van der Waals surface area contributed by atoms with E-state index in [9.17, 15) is 4.79 Å². The molecule has 11 nitrogen and oxygen atoms in total. The largest absolute Gasteiger partial charge is 0.385 e. The first-order valence-electron chi connectivity index (χ1n) is 18.7. The number of hydrogen-bond donors (Lipinski definition) is 1. The molecule has 0 atom stereocenters. The van der Waals surface area contributed by atoms with Crippen molar-refractivity contribution < 1.29 is 23.7 Å². The molecule has 0 unspecified atom stereocenters. The van der Waals surface area contributed by atoms with E-state index >= 15 is 0 Å². The van der Waals surface area contributed by atoms with Crippen molar-refractivity contribution in [2.45, 2.75) is 98.4 Å². The predicted molar refractivity (Wildman–Crippen MR) is 204 cm³/mol. The van der Waals surface area contributed by atoms with Gasteiger partial charge < -0.3 is 38.3 Å². The Morgan fingerprint density at radius 3 is 1.71 bits per heavy atom. The fraction of sp³-hybridized carbons (Fsp3) is 0.625. The smallest absolute Gasteiger partial charge is 0.223 e. The van der Waals surface area contributed by atoms with Crippen LogP contribution in [0.5, 0.6) is 0 Å². The molecule has 1 N–H and O–H groups in total. The van der Waals surface area contributed by atoms with Gasteiger partial charge in [0.05, 0.1) is 22.1 Å². The molecule has 1 amide bonds. The van der Waals surface area contributed by atoms with Crippen LogP contribution in [0, 0.1) is 11.8 Å². The number of aromatic nitrogens is 4. The van der Waals surface area contributed by atoms with Crippen LogP contribution in [0.2, 0.25) is 0 Å². The van der Waals surface area contributed by atoms with Crippen LogP contribution in [0.4, 0.5) is 11.4 Å². The summed E-state index contributed by atoms with van der Waals surface area (Å²) in [5.74, 6) is 3.17. The standard InChI is InChI=1S/C21H31N3O3.C19H29N3O2/c1-6-23(15(2)25)17-7-8-19-18(13-17)22-20(21(3,4)26-5)24(19)14-16-9-11-27-12-10-16;1-5-20-15-6-7-17-16(12-15)21-18(19(2,3)23-4)22(17)13-14-8-10-24-11-9-14/h7-8,13,16H,6,9-12,14H2,1-5H3;6-7,12,14,20H,5,8-11,13H2,1-4H3. The number of benzene rings is 2. The van der Waals surface area contributed by atoms with Gasteiger partial charge in [-0.05, 0) is 115 Å². The van der Waals surface area contributed by atoms with Crippen LogP contribution >= 0.6 is 0 Å². The van der Waals surface area contributed by atoms with E-state index in [-0.39, 0.29) is 5.91 Å². The molecule has 2 aliphatic rings. The third-order valence-corrected chi connectivity index (χ3v) is 10.5. The first kappa shape index (κ1) is 38.7. The van der Waals surface area contributed by atoms with E-state index in [1.165, 1.54) is 5.52 Å². The average Bonchev–Trinajstić information content (AvgIpc) is 3.68. The maximum absolute atomic E-state index is 11.9. The minimum atomic E-state index is -0.491. The molecule has 0 spiro atoms. The lowest BCUT2D eigenvalue weighted by Gasteiger charge is -2.27. The minimum Gasteiger partial charge on any atom is -0.385 e. The fourth-order valence-electron chi connectivity index (χ4n) is 7.16. The van der Waals surface area contributed by atoms with E-state index in [1.807, 2.05) is 32.9 Å². The van der Waals surface area contributed by atoms with Gasteiger partial charge in [-0.15, -0.1) is 0 Å². The third kappa shape index (κ3) is 8.93. The Kier molecular flexibility index (Phi) is 12.8. The summed E-state index contributed by atoms with van der Waals surface area (Å²) in [7, 11) is 3.47. The van der Waals surface area contributed by atoms with E-state index in [4.69, 9.17) is 28.9 Å². The Hall–Kier alpha value is -3.51. The summed E-state index contributed by atoms with van der Waals surface area (Å²) < 4.78 is 27.2. The molecule has 2 aliphatic heterocycles. The van der Waals surface area contributed by atoms with E-state index in [0.717, 1.165) is 111 Å². The number of anilines is 2. The van der Waals surface area contributed by atoms with Crippen LogP contribution in [0.25, 0.3) is 22.1 Å². The van der Waals surface area contributed by atoms with Gasteiger partial charge in [0, 0.05) is 85.1 Å². The molecule has 2 aromatic heterocycles. The molecule has 0 aliphatic carbocycles. The molecule has 0 radical (unpaired) electrons. The molecular formula is C40H60N6O5. The highest BCUT2D eigenvalue weighted by molar-refractivity contribution is 5.94. The van der Waals surface area contributed by atoms with Crippen LogP contribution in [-0.2, 0) is 48.0 Å². The molecule has 11 heteroatoms. The van der Waals surface area contributed by atoms with Crippen LogP contribution < -0.4 is 10.2 Å². The molecule has 280 valence electrons. The van der Waals surface area contributed by atoms with Crippen LogP contribution in [0.3, 0.4) is 0 Å². The Bertz CT molecular complexity index is 1750. The minimum absolute atomic E-state index is 0.0379. The zero-order chi connectivity index (χ0) is 36.8. The maximum Gasteiger partial charge on any atom is 0.223 e. The van der Waals surface area contributed by atoms with Gasteiger partial charge in [-0.3, -0.25) is 4.79 Å². The predicted octanol–water partition coefficient (Wildman–Crippen LogP) is 7.49. The van der Waals surface area contributed by atoms with Crippen molar-refractivity contribution >= 4 is 39.3 Å². The van der Waals surface area contributed by atoms with Gasteiger partial charge in [-0.25, -0.2) is 9.97 Å². The second-order valence-electron chi connectivity index (χ2n) is 14.8. The van der Waals surface area contributed by atoms with Gasteiger partial charge in [-0.2, -0.15) is 0 Å². The highest BCUT2D eigenvalue weighted by Crippen LogP contribution is 2.33. The summed E-state index contributed by atoms with van der Waals surface area (Å²) in [6, 6.07) is 12.5. The third-order valence-electron chi connectivity index (χ3n) is 10.5. The average molecular weight is 705 g/mol. The maximum atomic E-state index is 11.9. The molecule has 0 bridgehead atoms. The SMILES string of the molecule is CCN(C(C)=O)c1ccc2c(c1)nc(C(C)(C)OC)n2CC1CCOCC1.CCNc1ccc2c(c1)nc(C(C)(C)OC)n2CC1CCOCC1. The lowest BCUT2D eigenvalue weighted by Crippen LogP contribution is -2.28. The second kappa shape index (κ2) is 16.9. The highest BCUT2D eigenvalue weighted by atomic mass is 16.5. The van der Waals surface area contributed by atoms with E-state index < -0.39 is 11.2 Å². The van der Waals surface area contributed by atoms with Gasteiger partial charge in [0.2, 0.25) is 5.91 Å². The molecule has 2 saturated heterocycles. The Morgan fingerprint density at radius 1 is 0.804 bits per heavy atom. The first-order valence-corrected chi connectivity index (χ1v) is 18.7. The van der Waals surface area contributed by atoms with Crippen LogP contribution in [0.1, 0.15) is 85.8 Å². The lowest BCUT2D eigenvalue weighted by atomic mass is 9.99. The van der Waals surface area contributed by atoms with Crippen LogP contribution in [0.15, 0.2) is 36.4 Å². The van der Waals surface area contributed by atoms with Crippen molar-refractivity contribution in [1.82, 2.24) is 19.1 Å². The van der Waals surface area contributed by atoms with E-state index in [0.29, 0.717) is 18.4 Å². The van der Waals surface area contributed by atoms with Gasteiger partial charge in [0.1, 0.15) is 22.9 Å². The Balaban J connectivity index is 0.000000199. The molecule has 4 heterocycles. The lowest BCUT2D eigenvalue weighted by molar-refractivity contribution is -0.116. The van der Waals surface area contributed by atoms with E-state index in [1.54, 1.807) is 26.0 Å². The van der Waals surface area contributed by atoms with Crippen molar-refractivity contribution in [3.8, 4) is 0 Å². The number of rotatable bonds is 12. The fourth-order valence-corrected chi connectivity index (χ4v) is 7.16. The summed E-state index contributed by atoms with van der Waals surface area (Å²) in [4.78, 5) is 23.5. The monoisotopic (exact) mass is 704 g/mol. The molecule has 6 rings (SSSR count). The number of ether oxygens (including phenoxy) is 4. The molecule has 51 heavy (non-hydrogen) atoms. The molecular weight excluding hydrogens is 644 g/mol.